The molecule has 22 heavy (non-hydrogen) atoms. The summed E-state index contributed by atoms with van der Waals surface area (Å²) in [6.45, 7) is 6.40. The Morgan fingerprint density at radius 1 is 1.18 bits per heavy atom. The van der Waals surface area contributed by atoms with Gasteiger partial charge < -0.3 is 4.57 Å². The van der Waals surface area contributed by atoms with Crippen LogP contribution in [0.3, 0.4) is 0 Å². The van der Waals surface area contributed by atoms with Crippen LogP contribution in [0.1, 0.15) is 4.88 Å². The van der Waals surface area contributed by atoms with Gasteiger partial charge in [0.1, 0.15) is 4.21 Å². The van der Waals surface area contributed by atoms with E-state index in [-0.39, 0.29) is 0 Å². The first kappa shape index (κ1) is 15.7. The van der Waals surface area contributed by atoms with Crippen LogP contribution in [0.5, 0.6) is 0 Å². The van der Waals surface area contributed by atoms with Gasteiger partial charge in [0.05, 0.1) is 6.33 Å². The molecular weight excluding hydrogens is 320 g/mol. The predicted octanol–water partition coefficient (Wildman–Crippen LogP) is 1.26. The number of piperazine rings is 1. The molecule has 1 saturated heterocycles. The maximum atomic E-state index is 12.6. The SMILES string of the molecule is Cc1ccc(S(=O)(=O)N2CCN(CCn3ccnc3)CC2)s1. The second-order valence-electron chi connectivity index (χ2n) is 5.41. The Balaban J connectivity index is 1.55. The third kappa shape index (κ3) is 3.40. The van der Waals surface area contributed by atoms with Crippen molar-refractivity contribution in [3.8, 4) is 0 Å². The second kappa shape index (κ2) is 6.49. The second-order valence-corrected chi connectivity index (χ2v) is 8.86. The lowest BCUT2D eigenvalue weighted by Crippen LogP contribution is -2.49. The molecule has 0 aromatic carbocycles. The molecule has 0 aliphatic carbocycles. The Kier molecular flexibility index (Phi) is 4.62. The summed E-state index contributed by atoms with van der Waals surface area (Å²) in [4.78, 5) is 7.35. The van der Waals surface area contributed by atoms with Crippen molar-refractivity contribution < 1.29 is 8.42 Å². The standard InChI is InChI=1S/C14H20N4O2S2/c1-13-2-3-14(21-13)22(19,20)18-10-8-16(9-11-18)6-7-17-5-4-15-12-17/h2-5,12H,6-11H2,1H3. The van der Waals surface area contributed by atoms with Crippen molar-refractivity contribution in [2.45, 2.75) is 17.7 Å². The van der Waals surface area contributed by atoms with Gasteiger partial charge in [-0.2, -0.15) is 4.31 Å². The van der Waals surface area contributed by atoms with Crippen LogP contribution in [-0.2, 0) is 16.6 Å². The lowest BCUT2D eigenvalue weighted by Gasteiger charge is -2.33. The minimum Gasteiger partial charge on any atom is -0.336 e. The fraction of sp³-hybridized carbons (Fsp3) is 0.500. The van der Waals surface area contributed by atoms with Gasteiger partial charge in [0.25, 0.3) is 10.0 Å². The first-order valence-electron chi connectivity index (χ1n) is 7.30. The number of imidazole rings is 1. The van der Waals surface area contributed by atoms with Crippen molar-refractivity contribution in [3.63, 3.8) is 0 Å². The molecule has 0 bridgehead atoms. The van der Waals surface area contributed by atoms with Crippen molar-refractivity contribution in [2.75, 3.05) is 32.7 Å². The maximum Gasteiger partial charge on any atom is 0.252 e. The largest absolute Gasteiger partial charge is 0.336 e. The molecule has 0 radical (unpaired) electrons. The summed E-state index contributed by atoms with van der Waals surface area (Å²) in [5.41, 5.74) is 0. The zero-order chi connectivity index (χ0) is 15.6. The molecule has 1 aliphatic heterocycles. The third-order valence-electron chi connectivity index (χ3n) is 3.87. The molecule has 0 atom stereocenters. The van der Waals surface area contributed by atoms with Gasteiger partial charge in [0.15, 0.2) is 0 Å². The molecule has 6 nitrogen and oxygen atoms in total. The smallest absolute Gasteiger partial charge is 0.252 e. The monoisotopic (exact) mass is 340 g/mol. The molecule has 3 heterocycles. The minimum absolute atomic E-state index is 0.455. The number of thiophene rings is 1. The number of hydrogen-bond acceptors (Lipinski definition) is 5. The van der Waals surface area contributed by atoms with Crippen molar-refractivity contribution in [3.05, 3.63) is 35.7 Å². The zero-order valence-electron chi connectivity index (χ0n) is 12.6. The Labute approximate surface area is 135 Å². The van der Waals surface area contributed by atoms with Gasteiger partial charge in [-0.3, -0.25) is 4.90 Å². The molecule has 1 fully saturated rings. The van der Waals surface area contributed by atoms with Crippen LogP contribution in [0.4, 0.5) is 0 Å². The van der Waals surface area contributed by atoms with Gasteiger partial charge in [-0.1, -0.05) is 0 Å². The first-order valence-corrected chi connectivity index (χ1v) is 9.56. The van der Waals surface area contributed by atoms with Crippen molar-refractivity contribution in [1.82, 2.24) is 18.8 Å². The van der Waals surface area contributed by atoms with E-state index in [1.807, 2.05) is 23.8 Å². The number of aryl methyl sites for hydroxylation is 1. The van der Waals surface area contributed by atoms with E-state index in [1.165, 1.54) is 11.3 Å². The highest BCUT2D eigenvalue weighted by molar-refractivity contribution is 7.91. The van der Waals surface area contributed by atoms with Crippen LogP contribution < -0.4 is 0 Å². The van der Waals surface area contributed by atoms with E-state index in [4.69, 9.17) is 0 Å². The molecule has 8 heteroatoms. The summed E-state index contributed by atoms with van der Waals surface area (Å²) in [5, 5.41) is 0. The van der Waals surface area contributed by atoms with Gasteiger partial charge in [-0.05, 0) is 19.1 Å². The normalized spacial score (nSPS) is 17.9. The predicted molar refractivity (Wildman–Crippen MR) is 86.5 cm³/mol. The number of rotatable bonds is 5. The lowest BCUT2D eigenvalue weighted by atomic mass is 10.3. The van der Waals surface area contributed by atoms with Crippen LogP contribution in [0.15, 0.2) is 35.1 Å². The molecular formula is C14H20N4O2S2. The lowest BCUT2D eigenvalue weighted by molar-refractivity contribution is 0.183. The first-order chi connectivity index (χ1) is 10.6. The fourth-order valence-corrected chi connectivity index (χ4v) is 5.41. The summed E-state index contributed by atoms with van der Waals surface area (Å²) < 4.78 is 29.2. The topological polar surface area (TPSA) is 58.4 Å². The van der Waals surface area contributed by atoms with Crippen molar-refractivity contribution in [2.24, 2.45) is 0 Å². The highest BCUT2D eigenvalue weighted by Gasteiger charge is 2.29. The van der Waals surface area contributed by atoms with Gasteiger partial charge in [-0.15, -0.1) is 11.3 Å². The Morgan fingerprint density at radius 3 is 2.55 bits per heavy atom. The Hall–Kier alpha value is -1.22. The number of aromatic nitrogens is 2. The molecule has 120 valence electrons. The Bertz CT molecular complexity index is 701. The van der Waals surface area contributed by atoms with Gasteiger partial charge in [0.2, 0.25) is 0 Å². The van der Waals surface area contributed by atoms with Crippen LogP contribution in [-0.4, -0.2) is 59.9 Å². The van der Waals surface area contributed by atoms with E-state index in [9.17, 15) is 8.42 Å². The van der Waals surface area contributed by atoms with E-state index in [0.29, 0.717) is 17.3 Å². The van der Waals surface area contributed by atoms with Crippen LogP contribution >= 0.6 is 11.3 Å². The van der Waals surface area contributed by atoms with E-state index < -0.39 is 10.0 Å². The quantitative estimate of drug-likeness (QED) is 0.822. The highest BCUT2D eigenvalue weighted by Crippen LogP contribution is 2.25. The number of nitrogens with zero attached hydrogens (tertiary/aromatic N) is 4. The van der Waals surface area contributed by atoms with E-state index >= 15 is 0 Å². The summed E-state index contributed by atoms with van der Waals surface area (Å²) >= 11 is 1.34. The molecule has 0 spiro atoms. The average molecular weight is 340 g/mol. The molecule has 3 rings (SSSR count). The van der Waals surface area contributed by atoms with Crippen LogP contribution in [0, 0.1) is 6.92 Å². The zero-order valence-corrected chi connectivity index (χ0v) is 14.2. The van der Waals surface area contributed by atoms with Crippen molar-refractivity contribution in [1.29, 1.82) is 0 Å². The Morgan fingerprint density at radius 2 is 1.95 bits per heavy atom. The molecule has 1 aliphatic rings. The number of sulfonamides is 1. The molecule has 0 N–H and O–H groups in total. The minimum atomic E-state index is -3.31. The number of hydrogen-bond donors (Lipinski definition) is 0. The van der Waals surface area contributed by atoms with Gasteiger partial charge >= 0.3 is 0 Å². The maximum absolute atomic E-state index is 12.6. The fourth-order valence-electron chi connectivity index (χ4n) is 2.55. The molecule has 0 unspecified atom stereocenters. The van der Waals surface area contributed by atoms with E-state index in [0.717, 1.165) is 31.1 Å². The summed E-state index contributed by atoms with van der Waals surface area (Å²) in [7, 11) is -3.31. The summed E-state index contributed by atoms with van der Waals surface area (Å²) in [6, 6.07) is 3.57. The summed E-state index contributed by atoms with van der Waals surface area (Å²) in [5.74, 6) is 0. The highest BCUT2D eigenvalue weighted by atomic mass is 32.2. The van der Waals surface area contributed by atoms with Crippen LogP contribution in [0.2, 0.25) is 0 Å². The molecule has 0 saturated carbocycles. The van der Waals surface area contributed by atoms with Gasteiger partial charge in [0, 0.05) is 56.5 Å². The van der Waals surface area contributed by atoms with Gasteiger partial charge in [-0.25, -0.2) is 13.4 Å². The third-order valence-corrected chi connectivity index (χ3v) is 7.24. The average Bonchev–Trinajstić information content (AvgIpc) is 3.17. The molecule has 0 amide bonds. The summed E-state index contributed by atoms with van der Waals surface area (Å²) in [6.07, 6.45) is 5.52. The van der Waals surface area contributed by atoms with E-state index in [1.54, 1.807) is 22.9 Å². The van der Waals surface area contributed by atoms with Crippen LogP contribution in [0.25, 0.3) is 0 Å². The molecule has 2 aromatic heterocycles. The molecule has 2 aromatic rings. The van der Waals surface area contributed by atoms with E-state index in [2.05, 4.69) is 9.88 Å². The van der Waals surface area contributed by atoms with Crippen molar-refractivity contribution >= 4 is 21.4 Å².